The number of likely N-dealkylation sites (tertiary alicyclic amines) is 1. The molecule has 1 aliphatic rings. The molecule has 1 aromatic heterocycles. The molecule has 0 radical (unpaired) electrons. The molecule has 1 fully saturated rings. The van der Waals surface area contributed by atoms with Crippen molar-refractivity contribution < 1.29 is 23.9 Å². The van der Waals surface area contributed by atoms with Crippen molar-refractivity contribution in [2.24, 2.45) is 11.8 Å². The number of rotatable bonds is 6. The van der Waals surface area contributed by atoms with Gasteiger partial charge in [-0.2, -0.15) is 0 Å². The molecule has 2 heterocycles. The van der Waals surface area contributed by atoms with Gasteiger partial charge in [-0.15, -0.1) is 0 Å². The molecule has 0 aromatic carbocycles. The van der Waals surface area contributed by atoms with E-state index >= 15 is 0 Å². The molecule has 28 heavy (non-hydrogen) atoms. The number of esters is 2. The first-order valence-corrected chi connectivity index (χ1v) is 10.0. The molecule has 1 atom stereocenters. The SMILES string of the molecule is CCOC(=O)c1c(C)[nH]c(C(=O)OC(C(=O)N2CCC(C)CC2)C(C)C)c1C. The van der Waals surface area contributed by atoms with Gasteiger partial charge in [0.1, 0.15) is 5.69 Å². The molecule has 1 aliphatic heterocycles. The number of carbonyl (C=O) groups is 3. The summed E-state index contributed by atoms with van der Waals surface area (Å²) < 4.78 is 10.7. The van der Waals surface area contributed by atoms with Gasteiger partial charge < -0.3 is 19.4 Å². The van der Waals surface area contributed by atoms with Crippen LogP contribution in [0.1, 0.15) is 72.6 Å². The summed E-state index contributed by atoms with van der Waals surface area (Å²) in [6, 6.07) is 0. The molecule has 2 rings (SSSR count). The fourth-order valence-electron chi connectivity index (χ4n) is 3.52. The van der Waals surface area contributed by atoms with Crippen molar-refractivity contribution in [1.82, 2.24) is 9.88 Å². The highest BCUT2D eigenvalue weighted by Crippen LogP contribution is 2.23. The lowest BCUT2D eigenvalue weighted by Crippen LogP contribution is -2.47. The van der Waals surface area contributed by atoms with Crippen molar-refractivity contribution in [1.29, 1.82) is 0 Å². The van der Waals surface area contributed by atoms with E-state index in [9.17, 15) is 14.4 Å². The van der Waals surface area contributed by atoms with Crippen LogP contribution in [0.2, 0.25) is 0 Å². The molecular weight excluding hydrogens is 360 g/mol. The highest BCUT2D eigenvalue weighted by molar-refractivity contribution is 5.99. The van der Waals surface area contributed by atoms with Crippen molar-refractivity contribution in [2.45, 2.75) is 60.5 Å². The highest BCUT2D eigenvalue weighted by Gasteiger charge is 2.34. The third-order valence-electron chi connectivity index (χ3n) is 5.30. The van der Waals surface area contributed by atoms with Gasteiger partial charge in [-0.05, 0) is 51.0 Å². The molecule has 156 valence electrons. The van der Waals surface area contributed by atoms with Crippen molar-refractivity contribution in [2.75, 3.05) is 19.7 Å². The Balaban J connectivity index is 2.18. The van der Waals surface area contributed by atoms with Crippen LogP contribution < -0.4 is 0 Å². The summed E-state index contributed by atoms with van der Waals surface area (Å²) in [5, 5.41) is 0. The third-order valence-corrected chi connectivity index (χ3v) is 5.30. The Hall–Kier alpha value is -2.31. The van der Waals surface area contributed by atoms with E-state index in [1.54, 1.807) is 25.7 Å². The number of hydrogen-bond donors (Lipinski definition) is 1. The minimum Gasteiger partial charge on any atom is -0.462 e. The van der Waals surface area contributed by atoms with Crippen LogP contribution in [0.4, 0.5) is 0 Å². The van der Waals surface area contributed by atoms with Crippen LogP contribution in [-0.2, 0) is 14.3 Å². The van der Waals surface area contributed by atoms with Gasteiger partial charge in [0.15, 0.2) is 6.10 Å². The normalized spacial score (nSPS) is 16.2. The third kappa shape index (κ3) is 4.75. The van der Waals surface area contributed by atoms with E-state index in [2.05, 4.69) is 11.9 Å². The van der Waals surface area contributed by atoms with Crippen LogP contribution in [0.15, 0.2) is 0 Å². The molecule has 0 aliphatic carbocycles. The number of H-pyrrole nitrogens is 1. The van der Waals surface area contributed by atoms with E-state index in [-0.39, 0.29) is 24.1 Å². The highest BCUT2D eigenvalue weighted by atomic mass is 16.6. The molecule has 1 N–H and O–H groups in total. The van der Waals surface area contributed by atoms with E-state index in [4.69, 9.17) is 9.47 Å². The largest absolute Gasteiger partial charge is 0.462 e. The Bertz CT molecular complexity index is 729. The first kappa shape index (κ1) is 22.0. The summed E-state index contributed by atoms with van der Waals surface area (Å²) in [5.41, 5.74) is 1.54. The average molecular weight is 392 g/mol. The smallest absolute Gasteiger partial charge is 0.355 e. The van der Waals surface area contributed by atoms with Crippen LogP contribution in [0.3, 0.4) is 0 Å². The Labute approximate surface area is 166 Å². The minimum absolute atomic E-state index is 0.151. The number of amides is 1. The predicted octanol–water partition coefficient (Wildman–Crippen LogP) is 3.25. The summed E-state index contributed by atoms with van der Waals surface area (Å²) in [7, 11) is 0. The number of carbonyl (C=O) groups excluding carboxylic acids is 3. The van der Waals surface area contributed by atoms with Gasteiger partial charge in [0.2, 0.25) is 0 Å². The Morgan fingerprint density at radius 3 is 2.29 bits per heavy atom. The maximum atomic E-state index is 12.9. The van der Waals surface area contributed by atoms with Crippen LogP contribution in [0, 0.1) is 25.7 Å². The van der Waals surface area contributed by atoms with Gasteiger partial charge in [-0.25, -0.2) is 9.59 Å². The van der Waals surface area contributed by atoms with Crippen LogP contribution >= 0.6 is 0 Å². The number of nitrogens with zero attached hydrogens (tertiary/aromatic N) is 1. The monoisotopic (exact) mass is 392 g/mol. The second kappa shape index (κ2) is 9.26. The van der Waals surface area contributed by atoms with Gasteiger partial charge in [-0.1, -0.05) is 20.8 Å². The molecule has 1 unspecified atom stereocenters. The van der Waals surface area contributed by atoms with Gasteiger partial charge >= 0.3 is 11.9 Å². The van der Waals surface area contributed by atoms with Gasteiger partial charge in [0.05, 0.1) is 12.2 Å². The molecule has 7 heteroatoms. The van der Waals surface area contributed by atoms with E-state index in [0.29, 0.717) is 35.8 Å². The van der Waals surface area contributed by atoms with Crippen molar-refractivity contribution in [3.8, 4) is 0 Å². The number of aryl methyl sites for hydroxylation is 1. The van der Waals surface area contributed by atoms with Crippen molar-refractivity contribution in [3.05, 3.63) is 22.5 Å². The van der Waals surface area contributed by atoms with E-state index in [1.165, 1.54) is 0 Å². The van der Waals surface area contributed by atoms with Gasteiger partial charge in [-0.3, -0.25) is 4.79 Å². The summed E-state index contributed by atoms with van der Waals surface area (Å²) in [5.74, 6) is -0.811. The maximum Gasteiger partial charge on any atom is 0.355 e. The first-order chi connectivity index (χ1) is 13.2. The lowest BCUT2D eigenvalue weighted by molar-refractivity contribution is -0.144. The number of piperidine rings is 1. The molecule has 1 amide bonds. The standard InChI is InChI=1S/C21H32N2O5/c1-7-27-20(25)16-14(5)17(22-15(16)6)21(26)28-18(12(2)3)19(24)23-10-8-13(4)9-11-23/h12-13,18,22H,7-11H2,1-6H3. The number of nitrogens with one attached hydrogen (secondary N) is 1. The van der Waals surface area contributed by atoms with Gasteiger partial charge in [0.25, 0.3) is 5.91 Å². The Kier molecular flexibility index (Phi) is 7.27. The molecule has 0 bridgehead atoms. The van der Waals surface area contributed by atoms with E-state index < -0.39 is 18.0 Å². The zero-order valence-corrected chi connectivity index (χ0v) is 17.8. The van der Waals surface area contributed by atoms with E-state index in [1.807, 2.05) is 13.8 Å². The van der Waals surface area contributed by atoms with E-state index in [0.717, 1.165) is 12.8 Å². The second-order valence-corrected chi connectivity index (χ2v) is 7.92. The predicted molar refractivity (Wildman–Crippen MR) is 105 cm³/mol. The van der Waals surface area contributed by atoms with Gasteiger partial charge in [0, 0.05) is 18.8 Å². The zero-order chi connectivity index (χ0) is 21.0. The molecular formula is C21H32N2O5. The summed E-state index contributed by atoms with van der Waals surface area (Å²) in [4.78, 5) is 42.6. The first-order valence-electron chi connectivity index (χ1n) is 10.0. The molecule has 1 aromatic rings. The number of aromatic nitrogens is 1. The topological polar surface area (TPSA) is 88.7 Å². The van der Waals surface area contributed by atoms with Crippen LogP contribution in [-0.4, -0.2) is 53.5 Å². The van der Waals surface area contributed by atoms with Crippen LogP contribution in [0.25, 0.3) is 0 Å². The summed E-state index contributed by atoms with van der Waals surface area (Å²) >= 11 is 0. The Morgan fingerprint density at radius 1 is 1.14 bits per heavy atom. The lowest BCUT2D eigenvalue weighted by Gasteiger charge is -2.33. The van der Waals surface area contributed by atoms with Crippen LogP contribution in [0.5, 0.6) is 0 Å². The zero-order valence-electron chi connectivity index (χ0n) is 17.8. The summed E-state index contributed by atoms with van der Waals surface area (Å²) in [6.45, 7) is 12.6. The molecule has 1 saturated heterocycles. The maximum absolute atomic E-state index is 12.9. The number of hydrogen-bond acceptors (Lipinski definition) is 5. The fourth-order valence-corrected chi connectivity index (χ4v) is 3.52. The number of ether oxygens (including phenoxy) is 2. The second-order valence-electron chi connectivity index (χ2n) is 7.92. The minimum atomic E-state index is -0.852. The molecule has 0 spiro atoms. The Morgan fingerprint density at radius 2 is 1.75 bits per heavy atom. The average Bonchev–Trinajstić information content (AvgIpc) is 2.94. The molecule has 0 saturated carbocycles. The summed E-state index contributed by atoms with van der Waals surface area (Å²) in [6.07, 6.45) is 1.07. The lowest BCUT2D eigenvalue weighted by atomic mass is 9.97. The fraction of sp³-hybridized carbons (Fsp3) is 0.667. The van der Waals surface area contributed by atoms with Crippen molar-refractivity contribution in [3.63, 3.8) is 0 Å². The van der Waals surface area contributed by atoms with Crippen molar-refractivity contribution >= 4 is 17.8 Å². The quantitative estimate of drug-likeness (QED) is 0.751. The number of aromatic amines is 1. The molecule has 7 nitrogen and oxygen atoms in total.